The van der Waals surface area contributed by atoms with Crippen LogP contribution in [0.2, 0.25) is 0 Å². The summed E-state index contributed by atoms with van der Waals surface area (Å²) in [6, 6.07) is 0. The first-order chi connectivity index (χ1) is 8.43. The number of amides is 1. The maximum atomic E-state index is 12.2. The smallest absolute Gasteiger partial charge is 0.226 e. The summed E-state index contributed by atoms with van der Waals surface area (Å²) >= 11 is 0. The molecule has 1 amide bonds. The Hall–Kier alpha value is -0.650. The second-order valence-electron chi connectivity index (χ2n) is 5.68. The molecule has 0 aromatic rings. The van der Waals surface area contributed by atoms with Gasteiger partial charge in [0.25, 0.3) is 0 Å². The van der Waals surface area contributed by atoms with Crippen LogP contribution in [0.5, 0.6) is 0 Å². The van der Waals surface area contributed by atoms with Gasteiger partial charge in [-0.05, 0) is 19.8 Å². The van der Waals surface area contributed by atoms with Crippen molar-refractivity contribution in [2.45, 2.75) is 45.0 Å². The third kappa shape index (κ3) is 2.68. The molecular formula is C13H23NO4. The molecule has 5 heteroatoms. The maximum Gasteiger partial charge on any atom is 0.226 e. The van der Waals surface area contributed by atoms with Crippen molar-refractivity contribution >= 4 is 5.91 Å². The minimum atomic E-state index is -0.896. The quantitative estimate of drug-likeness (QED) is 0.764. The molecule has 0 bridgehead atoms. The van der Waals surface area contributed by atoms with Crippen molar-refractivity contribution < 1.29 is 19.4 Å². The lowest BCUT2D eigenvalue weighted by Gasteiger charge is -2.24. The van der Waals surface area contributed by atoms with Gasteiger partial charge in [0.2, 0.25) is 5.91 Å². The van der Waals surface area contributed by atoms with Crippen LogP contribution in [0.4, 0.5) is 0 Å². The fourth-order valence-corrected chi connectivity index (χ4v) is 2.82. The molecule has 0 spiro atoms. The zero-order valence-corrected chi connectivity index (χ0v) is 11.3. The van der Waals surface area contributed by atoms with Gasteiger partial charge in [0.05, 0.1) is 24.7 Å². The van der Waals surface area contributed by atoms with Crippen LogP contribution in [0.3, 0.4) is 0 Å². The first-order valence-electron chi connectivity index (χ1n) is 6.66. The summed E-state index contributed by atoms with van der Waals surface area (Å²) < 4.78 is 10.8. The van der Waals surface area contributed by atoms with Crippen LogP contribution in [0, 0.1) is 11.8 Å². The lowest BCUT2D eigenvalue weighted by molar-refractivity contribution is -0.128. The summed E-state index contributed by atoms with van der Waals surface area (Å²) in [7, 11) is 0. The minimum absolute atomic E-state index is 0.0281. The Kier molecular flexibility index (Phi) is 3.94. The Bertz CT molecular complexity index is 314. The average molecular weight is 257 g/mol. The Labute approximate surface area is 108 Å². The van der Waals surface area contributed by atoms with Gasteiger partial charge >= 0.3 is 0 Å². The van der Waals surface area contributed by atoms with E-state index in [9.17, 15) is 9.90 Å². The maximum absolute atomic E-state index is 12.2. The highest BCUT2D eigenvalue weighted by Gasteiger charge is 2.42. The summed E-state index contributed by atoms with van der Waals surface area (Å²) in [4.78, 5) is 12.2. The summed E-state index contributed by atoms with van der Waals surface area (Å²) in [5.74, 6) is 0.0417. The first kappa shape index (κ1) is 13.8. The average Bonchev–Trinajstić information content (AvgIpc) is 2.83. The number of hydrogen-bond acceptors (Lipinski definition) is 4. The molecule has 0 radical (unpaired) electrons. The van der Waals surface area contributed by atoms with Gasteiger partial charge in [0.15, 0.2) is 0 Å². The molecule has 2 heterocycles. The van der Waals surface area contributed by atoms with E-state index in [1.807, 2.05) is 20.8 Å². The minimum Gasteiger partial charge on any atom is -0.386 e. The molecule has 0 saturated carbocycles. The summed E-state index contributed by atoms with van der Waals surface area (Å²) in [6.07, 6.45) is 0.619. The third-order valence-corrected chi connectivity index (χ3v) is 4.22. The number of rotatable bonds is 3. The van der Waals surface area contributed by atoms with Crippen molar-refractivity contribution in [3.8, 4) is 0 Å². The number of carbonyl (C=O) groups excluding carboxylic acids is 1. The molecule has 0 aliphatic carbocycles. The van der Waals surface area contributed by atoms with Gasteiger partial charge in [-0.3, -0.25) is 4.79 Å². The van der Waals surface area contributed by atoms with Gasteiger partial charge in [0.1, 0.15) is 5.60 Å². The van der Waals surface area contributed by atoms with Gasteiger partial charge < -0.3 is 19.9 Å². The van der Waals surface area contributed by atoms with Crippen LogP contribution >= 0.6 is 0 Å². The van der Waals surface area contributed by atoms with Crippen LogP contribution in [0.15, 0.2) is 0 Å². The van der Waals surface area contributed by atoms with E-state index in [0.717, 1.165) is 0 Å². The standard InChI is InChI=1S/C13H23NO4/c1-8-9(2)18-10(3)11(8)12(15)14-6-13(16)4-5-17-7-13/h8-11,16H,4-7H2,1-3H3,(H,14,15). The predicted molar refractivity (Wildman–Crippen MR) is 66.1 cm³/mol. The van der Waals surface area contributed by atoms with Crippen LogP contribution in [0.25, 0.3) is 0 Å². The molecule has 0 aromatic heterocycles. The van der Waals surface area contributed by atoms with E-state index in [-0.39, 0.29) is 36.5 Å². The van der Waals surface area contributed by atoms with Gasteiger partial charge in [-0.25, -0.2) is 0 Å². The highest BCUT2D eigenvalue weighted by molar-refractivity contribution is 5.80. The highest BCUT2D eigenvalue weighted by atomic mass is 16.5. The van der Waals surface area contributed by atoms with Gasteiger partial charge in [-0.2, -0.15) is 0 Å². The van der Waals surface area contributed by atoms with E-state index in [0.29, 0.717) is 19.6 Å². The molecule has 2 rings (SSSR count). The highest BCUT2D eigenvalue weighted by Crippen LogP contribution is 2.32. The number of ether oxygens (including phenoxy) is 2. The van der Waals surface area contributed by atoms with Gasteiger partial charge in [-0.1, -0.05) is 6.92 Å². The van der Waals surface area contributed by atoms with E-state index in [4.69, 9.17) is 9.47 Å². The lowest BCUT2D eigenvalue weighted by atomic mass is 9.88. The molecule has 5 nitrogen and oxygen atoms in total. The SMILES string of the molecule is CC1OC(C)C(C(=O)NCC2(O)CCOC2)C1C. The fraction of sp³-hybridized carbons (Fsp3) is 0.923. The number of carbonyl (C=O) groups is 1. The van der Waals surface area contributed by atoms with E-state index < -0.39 is 5.60 Å². The van der Waals surface area contributed by atoms with Crippen LogP contribution < -0.4 is 5.32 Å². The molecule has 2 aliphatic heterocycles. The molecule has 5 unspecified atom stereocenters. The van der Waals surface area contributed by atoms with Crippen molar-refractivity contribution in [1.29, 1.82) is 0 Å². The molecular weight excluding hydrogens is 234 g/mol. The number of nitrogens with one attached hydrogen (secondary N) is 1. The van der Waals surface area contributed by atoms with Crippen molar-refractivity contribution in [3.05, 3.63) is 0 Å². The van der Waals surface area contributed by atoms with Crippen molar-refractivity contribution in [1.82, 2.24) is 5.32 Å². The van der Waals surface area contributed by atoms with E-state index in [1.54, 1.807) is 0 Å². The Morgan fingerprint density at radius 2 is 2.11 bits per heavy atom. The molecule has 0 aromatic carbocycles. The molecule has 104 valence electrons. The summed E-state index contributed by atoms with van der Waals surface area (Å²) in [5, 5.41) is 12.9. The Balaban J connectivity index is 1.88. The molecule has 5 atom stereocenters. The van der Waals surface area contributed by atoms with Crippen molar-refractivity contribution in [2.75, 3.05) is 19.8 Å². The monoisotopic (exact) mass is 257 g/mol. The number of aliphatic hydroxyl groups is 1. The van der Waals surface area contributed by atoms with Crippen LogP contribution in [-0.4, -0.2) is 48.6 Å². The van der Waals surface area contributed by atoms with Gasteiger partial charge in [-0.15, -0.1) is 0 Å². The zero-order valence-electron chi connectivity index (χ0n) is 11.3. The molecule has 2 fully saturated rings. The van der Waals surface area contributed by atoms with E-state index in [2.05, 4.69) is 5.32 Å². The lowest BCUT2D eigenvalue weighted by Crippen LogP contribution is -2.47. The molecule has 18 heavy (non-hydrogen) atoms. The second kappa shape index (κ2) is 5.15. The van der Waals surface area contributed by atoms with Gasteiger partial charge in [0, 0.05) is 19.6 Å². The van der Waals surface area contributed by atoms with Crippen LogP contribution in [-0.2, 0) is 14.3 Å². The normalized spacial score (nSPS) is 44.2. The Morgan fingerprint density at radius 1 is 1.39 bits per heavy atom. The van der Waals surface area contributed by atoms with E-state index >= 15 is 0 Å². The van der Waals surface area contributed by atoms with Crippen LogP contribution in [0.1, 0.15) is 27.2 Å². The van der Waals surface area contributed by atoms with E-state index in [1.165, 1.54) is 0 Å². The second-order valence-corrected chi connectivity index (χ2v) is 5.68. The zero-order chi connectivity index (χ0) is 13.3. The summed E-state index contributed by atoms with van der Waals surface area (Å²) in [5.41, 5.74) is -0.896. The molecule has 2 N–H and O–H groups in total. The van der Waals surface area contributed by atoms with Crippen molar-refractivity contribution in [2.24, 2.45) is 11.8 Å². The third-order valence-electron chi connectivity index (χ3n) is 4.22. The fourth-order valence-electron chi connectivity index (χ4n) is 2.82. The van der Waals surface area contributed by atoms with Crippen molar-refractivity contribution in [3.63, 3.8) is 0 Å². The summed E-state index contributed by atoms with van der Waals surface area (Å²) in [6.45, 7) is 7.07. The Morgan fingerprint density at radius 3 is 2.61 bits per heavy atom. The predicted octanol–water partition coefficient (Wildman–Crippen LogP) is 0.313. The first-order valence-corrected chi connectivity index (χ1v) is 6.66. The molecule has 2 aliphatic rings. The molecule has 2 saturated heterocycles. The largest absolute Gasteiger partial charge is 0.386 e. The topological polar surface area (TPSA) is 67.8 Å². The number of hydrogen-bond donors (Lipinski definition) is 2.